The quantitative estimate of drug-likeness (QED) is 0.153. The molecule has 0 saturated heterocycles. The molecule has 2 amide bonds. The first-order valence-electron chi connectivity index (χ1n) is 14.3. The highest BCUT2D eigenvalue weighted by Crippen LogP contribution is 2.37. The molecular formula is C30H49FN6O4Si. The summed E-state index contributed by atoms with van der Waals surface area (Å²) >= 11 is 0. The number of carbonyl (C=O) groups excluding carboxylic acids is 1. The van der Waals surface area contributed by atoms with Crippen LogP contribution in [-0.2, 0) is 4.43 Å². The molecule has 2 heterocycles. The van der Waals surface area contributed by atoms with Crippen molar-refractivity contribution >= 4 is 37.6 Å². The predicted octanol–water partition coefficient (Wildman–Crippen LogP) is 6.82. The van der Waals surface area contributed by atoms with Gasteiger partial charge in [0.1, 0.15) is 5.82 Å². The van der Waals surface area contributed by atoms with Crippen molar-refractivity contribution in [1.82, 2.24) is 14.9 Å². The van der Waals surface area contributed by atoms with Crippen LogP contribution in [0.1, 0.15) is 82.9 Å². The zero-order valence-electron chi connectivity index (χ0n) is 27.0. The Hall–Kier alpha value is -3.25. The molecule has 12 heteroatoms. The lowest BCUT2D eigenvalue weighted by Crippen LogP contribution is -2.56. The van der Waals surface area contributed by atoms with Gasteiger partial charge in [0.05, 0.1) is 23.5 Å². The van der Waals surface area contributed by atoms with Crippen molar-refractivity contribution in [2.75, 3.05) is 17.2 Å². The van der Waals surface area contributed by atoms with Gasteiger partial charge in [-0.05, 0) is 90.2 Å². The number of hydrogen-bond acceptors (Lipinski definition) is 7. The Labute approximate surface area is 250 Å². The Morgan fingerprint density at radius 1 is 1.14 bits per heavy atom. The second kappa shape index (κ2) is 13.4. The first-order chi connectivity index (χ1) is 19.2. The molecule has 0 aliphatic heterocycles. The van der Waals surface area contributed by atoms with E-state index in [-0.39, 0.29) is 22.2 Å². The van der Waals surface area contributed by atoms with E-state index in [9.17, 15) is 14.7 Å². The van der Waals surface area contributed by atoms with Crippen LogP contribution >= 0.6 is 0 Å². The van der Waals surface area contributed by atoms with E-state index in [1.807, 2.05) is 40.7 Å². The number of nitrogens with two attached hydrogens (primary N) is 1. The lowest BCUT2D eigenvalue weighted by atomic mass is 9.97. The summed E-state index contributed by atoms with van der Waals surface area (Å²) < 4.78 is 21.8. The zero-order chi connectivity index (χ0) is 32.2. The number of hydrogen-bond donors (Lipinski definition) is 4. The minimum atomic E-state index is -1.98. The van der Waals surface area contributed by atoms with E-state index in [0.29, 0.717) is 25.1 Å². The Bertz CT molecular complexity index is 1280. The van der Waals surface area contributed by atoms with Crippen molar-refractivity contribution < 1.29 is 23.5 Å². The van der Waals surface area contributed by atoms with Gasteiger partial charge in [-0.25, -0.2) is 14.2 Å². The number of nitrogens with one attached hydrogen (secondary N) is 2. The number of anilines is 3. The number of aromatic nitrogens is 2. The molecule has 2 rings (SSSR count). The number of carbonyl (C=O) groups is 2. The fourth-order valence-corrected chi connectivity index (χ4v) is 5.52. The van der Waals surface area contributed by atoms with Gasteiger partial charge in [0.2, 0.25) is 0 Å². The summed E-state index contributed by atoms with van der Waals surface area (Å²) in [5.41, 5.74) is 7.05. The van der Waals surface area contributed by atoms with Gasteiger partial charge in [0.25, 0.3) is 5.91 Å². The van der Waals surface area contributed by atoms with E-state index in [1.54, 1.807) is 13.1 Å². The van der Waals surface area contributed by atoms with Crippen LogP contribution in [0.25, 0.3) is 0 Å². The maximum absolute atomic E-state index is 15.4. The number of carboxylic acid groups (broad SMARTS) is 1. The molecule has 2 aromatic rings. The van der Waals surface area contributed by atoms with Crippen molar-refractivity contribution in [3.05, 3.63) is 41.0 Å². The summed E-state index contributed by atoms with van der Waals surface area (Å²) in [6.45, 7) is 22.4. The van der Waals surface area contributed by atoms with Gasteiger partial charge in [-0.2, -0.15) is 0 Å². The van der Waals surface area contributed by atoms with Crippen molar-refractivity contribution in [3.8, 4) is 0 Å². The largest absolute Gasteiger partial charge is 0.465 e. The van der Waals surface area contributed by atoms with E-state index >= 15 is 4.39 Å². The third kappa shape index (κ3) is 8.87. The number of primary amides is 1. The summed E-state index contributed by atoms with van der Waals surface area (Å²) in [7, 11) is -1.98. The number of rotatable bonds is 12. The number of nitrogens with zero attached hydrogens (tertiary/aromatic N) is 3. The van der Waals surface area contributed by atoms with Gasteiger partial charge < -0.3 is 25.9 Å². The van der Waals surface area contributed by atoms with E-state index in [4.69, 9.17) is 10.2 Å². The summed E-state index contributed by atoms with van der Waals surface area (Å²) in [6, 6.07) is 1.79. The molecule has 0 unspecified atom stereocenters. The van der Waals surface area contributed by atoms with Gasteiger partial charge in [-0.3, -0.25) is 14.7 Å². The van der Waals surface area contributed by atoms with E-state index in [1.165, 1.54) is 4.90 Å². The molecule has 0 saturated carbocycles. The van der Waals surface area contributed by atoms with Gasteiger partial charge in [0, 0.05) is 23.9 Å². The predicted molar refractivity (Wildman–Crippen MR) is 169 cm³/mol. The molecular weight excluding hydrogens is 555 g/mol. The van der Waals surface area contributed by atoms with Crippen molar-refractivity contribution in [2.45, 2.75) is 111 Å². The molecule has 234 valence electrons. The highest BCUT2D eigenvalue weighted by molar-refractivity contribution is 6.74. The van der Waals surface area contributed by atoms with Gasteiger partial charge in [-0.1, -0.05) is 20.8 Å². The molecule has 10 nitrogen and oxygen atoms in total. The Morgan fingerprint density at radius 2 is 1.76 bits per heavy atom. The number of halogens is 1. The van der Waals surface area contributed by atoms with Gasteiger partial charge in [0.15, 0.2) is 20.0 Å². The van der Waals surface area contributed by atoms with E-state index in [0.717, 1.165) is 17.3 Å². The summed E-state index contributed by atoms with van der Waals surface area (Å²) in [5.74, 6) is -1.68. The van der Waals surface area contributed by atoms with Crippen molar-refractivity contribution in [2.24, 2.45) is 5.73 Å². The molecule has 42 heavy (non-hydrogen) atoms. The maximum atomic E-state index is 15.4. The van der Waals surface area contributed by atoms with Crippen LogP contribution in [0.4, 0.5) is 26.5 Å². The van der Waals surface area contributed by atoms with E-state index in [2.05, 4.69) is 54.5 Å². The number of aryl methyl sites for hydroxylation is 2. The average Bonchev–Trinajstić information content (AvgIpc) is 2.82. The number of pyridine rings is 2. The Morgan fingerprint density at radius 3 is 2.26 bits per heavy atom. The first-order valence-corrected chi connectivity index (χ1v) is 17.2. The van der Waals surface area contributed by atoms with Crippen LogP contribution in [0.3, 0.4) is 0 Å². The lowest BCUT2D eigenvalue weighted by Gasteiger charge is -2.42. The molecule has 0 radical (unpaired) electrons. The second-order valence-corrected chi connectivity index (χ2v) is 18.2. The van der Waals surface area contributed by atoms with Gasteiger partial charge in [-0.15, -0.1) is 0 Å². The molecule has 5 N–H and O–H groups in total. The Balaban J connectivity index is 2.46. The monoisotopic (exact) mass is 604 g/mol. The minimum absolute atomic E-state index is 0.0500. The SMILES string of the molecule is Cc1cc(Nc2nc(N[C@@H](CCCO[Si](C)(C)C(C)(C)C)[C@H](C)N(C(=O)O)C(C)(C)C)c(F)cc2C(N)=O)cnc1C. The lowest BCUT2D eigenvalue weighted by molar-refractivity contribution is 0.0677. The third-order valence-corrected chi connectivity index (χ3v) is 12.6. The normalized spacial score (nSPS) is 13.8. The molecule has 2 atom stereocenters. The molecule has 0 bridgehead atoms. The van der Waals surface area contributed by atoms with Crippen LogP contribution in [0.5, 0.6) is 0 Å². The summed E-state index contributed by atoms with van der Waals surface area (Å²) in [4.78, 5) is 34.6. The first kappa shape index (κ1) is 34.9. The fourth-order valence-electron chi connectivity index (χ4n) is 4.43. The molecule has 0 aromatic carbocycles. The zero-order valence-corrected chi connectivity index (χ0v) is 28.0. The highest BCUT2D eigenvalue weighted by Gasteiger charge is 2.38. The minimum Gasteiger partial charge on any atom is -0.465 e. The summed E-state index contributed by atoms with van der Waals surface area (Å²) in [5, 5.41) is 16.3. The topological polar surface area (TPSA) is 143 Å². The van der Waals surface area contributed by atoms with Crippen molar-refractivity contribution in [1.29, 1.82) is 0 Å². The smallest absolute Gasteiger partial charge is 0.408 e. The Kier molecular flexibility index (Phi) is 11.1. The second-order valence-electron chi connectivity index (χ2n) is 13.4. The summed E-state index contributed by atoms with van der Waals surface area (Å²) in [6.07, 6.45) is 1.61. The van der Waals surface area contributed by atoms with Crippen LogP contribution in [-0.4, -0.2) is 64.5 Å². The fraction of sp³-hybridized carbons (Fsp3) is 0.600. The highest BCUT2D eigenvalue weighted by atomic mass is 28.4. The molecule has 2 aromatic heterocycles. The third-order valence-electron chi connectivity index (χ3n) is 8.01. The van der Waals surface area contributed by atoms with Crippen LogP contribution in [0, 0.1) is 19.7 Å². The standard InChI is InChI=1S/C30H49FN6O4Si/c1-18-15-21(17-33-19(18)2)34-26-22(25(32)38)16-23(31)27(36-26)35-24(20(3)37(28(39)40)29(4,5)6)13-12-14-41-42(10,11)30(7,8)9/h15-17,20,24H,12-14H2,1-11H3,(H2,32,38)(H,39,40)(H2,34,35,36)/t20-,24-/m0/s1. The van der Waals surface area contributed by atoms with Crippen LogP contribution in [0.15, 0.2) is 18.3 Å². The molecule has 0 aliphatic carbocycles. The van der Waals surface area contributed by atoms with E-state index < -0.39 is 43.8 Å². The maximum Gasteiger partial charge on any atom is 0.408 e. The average molecular weight is 605 g/mol. The number of amides is 2. The molecule has 0 spiro atoms. The van der Waals surface area contributed by atoms with Gasteiger partial charge >= 0.3 is 6.09 Å². The molecule has 0 fully saturated rings. The van der Waals surface area contributed by atoms with Crippen LogP contribution < -0.4 is 16.4 Å². The van der Waals surface area contributed by atoms with Crippen LogP contribution in [0.2, 0.25) is 18.1 Å². The van der Waals surface area contributed by atoms with Crippen molar-refractivity contribution in [3.63, 3.8) is 0 Å². The molecule has 0 aliphatic rings.